The van der Waals surface area contributed by atoms with E-state index in [2.05, 4.69) is 23.7 Å². The molecular formula is C17H23N3OS. The molecule has 0 aliphatic carbocycles. The van der Waals surface area contributed by atoms with Crippen LogP contribution >= 0.6 is 0 Å². The highest BCUT2D eigenvalue weighted by atomic mass is 32.2. The number of nitrogens with zero attached hydrogens (tertiary/aromatic N) is 3. The molecule has 2 aromatic rings. The fourth-order valence-corrected chi connectivity index (χ4v) is 5.03. The smallest absolute Gasteiger partial charge is 0.150 e. The molecule has 0 bridgehead atoms. The van der Waals surface area contributed by atoms with E-state index in [0.717, 1.165) is 54.2 Å². The van der Waals surface area contributed by atoms with Crippen molar-refractivity contribution in [2.45, 2.75) is 38.4 Å². The van der Waals surface area contributed by atoms with Crippen molar-refractivity contribution < 1.29 is 4.21 Å². The third kappa shape index (κ3) is 2.51. The molecule has 0 radical (unpaired) electrons. The highest BCUT2D eigenvalue weighted by molar-refractivity contribution is 7.86. The summed E-state index contributed by atoms with van der Waals surface area (Å²) < 4.78 is 12.4. The highest BCUT2D eigenvalue weighted by Crippen LogP contribution is 2.32. The second-order valence-corrected chi connectivity index (χ2v) is 7.95. The lowest BCUT2D eigenvalue weighted by atomic mass is 10.0. The number of aryl methyl sites for hydroxylation is 1. The number of aromatic nitrogens is 2. The SMILES string of the molecule is CCC1(CC)CN(c2nc3ccccc3nc2C)CCS1=O. The van der Waals surface area contributed by atoms with Crippen molar-refractivity contribution in [2.24, 2.45) is 0 Å². The molecule has 0 amide bonds. The molecule has 0 spiro atoms. The first-order valence-electron chi connectivity index (χ1n) is 7.96. The Bertz CT molecular complexity index is 712. The molecule has 2 heterocycles. The summed E-state index contributed by atoms with van der Waals surface area (Å²) in [5.41, 5.74) is 2.81. The maximum absolute atomic E-state index is 12.5. The van der Waals surface area contributed by atoms with Gasteiger partial charge in [-0.15, -0.1) is 0 Å². The van der Waals surface area contributed by atoms with E-state index in [0.29, 0.717) is 0 Å². The normalized spacial score (nSPS) is 21.2. The van der Waals surface area contributed by atoms with Crippen molar-refractivity contribution in [1.82, 2.24) is 9.97 Å². The Balaban J connectivity index is 2.00. The van der Waals surface area contributed by atoms with Gasteiger partial charge in [0.25, 0.3) is 0 Å². The van der Waals surface area contributed by atoms with Gasteiger partial charge in [0.2, 0.25) is 0 Å². The van der Waals surface area contributed by atoms with E-state index in [1.165, 1.54) is 0 Å². The van der Waals surface area contributed by atoms with Crippen molar-refractivity contribution in [3.8, 4) is 0 Å². The molecule has 118 valence electrons. The Morgan fingerprint density at radius 2 is 1.82 bits per heavy atom. The van der Waals surface area contributed by atoms with Gasteiger partial charge in [-0.25, -0.2) is 9.97 Å². The standard InChI is InChI=1S/C17H23N3OS/c1-4-17(5-2)12-20(10-11-22(17)21)16-13(3)18-14-8-6-7-9-15(14)19-16/h6-9H,4-5,10-12H2,1-3H3. The Labute approximate surface area is 134 Å². The third-order valence-electron chi connectivity index (χ3n) is 4.82. The first-order chi connectivity index (χ1) is 10.6. The van der Waals surface area contributed by atoms with Gasteiger partial charge in [-0.1, -0.05) is 26.0 Å². The minimum Gasteiger partial charge on any atom is -0.353 e. The van der Waals surface area contributed by atoms with E-state index in [-0.39, 0.29) is 4.75 Å². The highest BCUT2D eigenvalue weighted by Gasteiger charge is 2.39. The molecule has 1 atom stereocenters. The van der Waals surface area contributed by atoms with E-state index in [9.17, 15) is 4.21 Å². The van der Waals surface area contributed by atoms with Gasteiger partial charge in [0, 0.05) is 29.6 Å². The largest absolute Gasteiger partial charge is 0.353 e. The van der Waals surface area contributed by atoms with Crippen molar-refractivity contribution in [1.29, 1.82) is 0 Å². The van der Waals surface area contributed by atoms with Crippen LogP contribution in [0.3, 0.4) is 0 Å². The van der Waals surface area contributed by atoms with Gasteiger partial charge in [0.1, 0.15) is 0 Å². The Hall–Kier alpha value is -1.49. The monoisotopic (exact) mass is 317 g/mol. The van der Waals surface area contributed by atoms with Crippen LogP contribution in [0.25, 0.3) is 11.0 Å². The predicted octanol–water partition coefficient (Wildman–Crippen LogP) is 3.07. The fraction of sp³-hybridized carbons (Fsp3) is 0.529. The number of para-hydroxylation sites is 2. The van der Waals surface area contributed by atoms with Crippen LogP contribution in [0.2, 0.25) is 0 Å². The first-order valence-corrected chi connectivity index (χ1v) is 9.28. The maximum Gasteiger partial charge on any atom is 0.150 e. The second-order valence-electron chi connectivity index (χ2n) is 5.98. The Kier molecular flexibility index (Phi) is 4.17. The van der Waals surface area contributed by atoms with E-state index in [1.807, 2.05) is 31.2 Å². The van der Waals surface area contributed by atoms with E-state index in [1.54, 1.807) is 0 Å². The van der Waals surface area contributed by atoms with Crippen LogP contribution < -0.4 is 4.90 Å². The molecule has 22 heavy (non-hydrogen) atoms. The minimum absolute atomic E-state index is 0.113. The van der Waals surface area contributed by atoms with E-state index >= 15 is 0 Å². The lowest BCUT2D eigenvalue weighted by Gasteiger charge is -2.42. The lowest BCUT2D eigenvalue weighted by Crippen LogP contribution is -2.53. The van der Waals surface area contributed by atoms with Crippen molar-refractivity contribution >= 4 is 27.7 Å². The van der Waals surface area contributed by atoms with Gasteiger partial charge in [-0.3, -0.25) is 4.21 Å². The molecule has 3 rings (SSSR count). The molecule has 1 unspecified atom stereocenters. The van der Waals surface area contributed by atoms with Crippen molar-refractivity contribution in [2.75, 3.05) is 23.7 Å². The van der Waals surface area contributed by atoms with Gasteiger partial charge < -0.3 is 4.90 Å². The van der Waals surface area contributed by atoms with Gasteiger partial charge >= 0.3 is 0 Å². The van der Waals surface area contributed by atoms with Crippen LogP contribution in [0, 0.1) is 6.92 Å². The summed E-state index contributed by atoms with van der Waals surface area (Å²) >= 11 is 0. The molecular weight excluding hydrogens is 294 g/mol. The summed E-state index contributed by atoms with van der Waals surface area (Å²) in [4.78, 5) is 11.8. The molecule has 0 N–H and O–H groups in total. The average molecular weight is 317 g/mol. The van der Waals surface area contributed by atoms with Gasteiger partial charge in [0.15, 0.2) is 5.82 Å². The number of fused-ring (bicyclic) bond motifs is 1. The van der Waals surface area contributed by atoms with Crippen LogP contribution in [0.4, 0.5) is 5.82 Å². The molecule has 1 fully saturated rings. The van der Waals surface area contributed by atoms with Crippen molar-refractivity contribution in [3.05, 3.63) is 30.0 Å². The minimum atomic E-state index is -0.755. The zero-order valence-electron chi connectivity index (χ0n) is 13.5. The lowest BCUT2D eigenvalue weighted by molar-refractivity contribution is 0.494. The average Bonchev–Trinajstić information content (AvgIpc) is 2.55. The molecule has 1 aliphatic rings. The topological polar surface area (TPSA) is 46.1 Å². The molecule has 1 aromatic carbocycles. The molecule has 0 saturated carbocycles. The molecule has 1 saturated heterocycles. The zero-order chi connectivity index (χ0) is 15.7. The number of anilines is 1. The quantitative estimate of drug-likeness (QED) is 0.873. The zero-order valence-corrected chi connectivity index (χ0v) is 14.3. The van der Waals surface area contributed by atoms with Crippen LogP contribution in [-0.4, -0.2) is 37.8 Å². The van der Waals surface area contributed by atoms with Crippen LogP contribution in [0.15, 0.2) is 24.3 Å². The molecule has 5 heteroatoms. The number of hydrogen-bond donors (Lipinski definition) is 0. The Morgan fingerprint density at radius 1 is 1.18 bits per heavy atom. The maximum atomic E-state index is 12.5. The molecule has 1 aromatic heterocycles. The molecule has 4 nitrogen and oxygen atoms in total. The first kappa shape index (κ1) is 15.4. The van der Waals surface area contributed by atoms with Gasteiger partial charge in [0.05, 0.1) is 21.5 Å². The summed E-state index contributed by atoms with van der Waals surface area (Å²) in [7, 11) is -0.755. The molecule has 1 aliphatic heterocycles. The van der Waals surface area contributed by atoms with E-state index in [4.69, 9.17) is 4.98 Å². The van der Waals surface area contributed by atoms with Crippen LogP contribution in [-0.2, 0) is 10.8 Å². The predicted molar refractivity (Wildman–Crippen MR) is 92.8 cm³/mol. The summed E-state index contributed by atoms with van der Waals surface area (Å²) in [6.45, 7) is 7.90. The summed E-state index contributed by atoms with van der Waals surface area (Å²) in [6.07, 6.45) is 1.87. The summed E-state index contributed by atoms with van der Waals surface area (Å²) in [5, 5.41) is 0. The summed E-state index contributed by atoms with van der Waals surface area (Å²) in [6, 6.07) is 7.97. The number of benzene rings is 1. The van der Waals surface area contributed by atoms with Gasteiger partial charge in [-0.2, -0.15) is 0 Å². The van der Waals surface area contributed by atoms with Crippen LogP contribution in [0.1, 0.15) is 32.4 Å². The number of rotatable bonds is 3. The fourth-order valence-electron chi connectivity index (χ4n) is 3.26. The van der Waals surface area contributed by atoms with Gasteiger partial charge in [-0.05, 0) is 31.9 Å². The van der Waals surface area contributed by atoms with E-state index < -0.39 is 10.8 Å². The Morgan fingerprint density at radius 3 is 2.45 bits per heavy atom. The second kappa shape index (κ2) is 5.95. The number of hydrogen-bond acceptors (Lipinski definition) is 4. The van der Waals surface area contributed by atoms with Crippen LogP contribution in [0.5, 0.6) is 0 Å². The summed E-state index contributed by atoms with van der Waals surface area (Å²) in [5.74, 6) is 1.66. The third-order valence-corrected chi connectivity index (χ3v) is 7.04. The van der Waals surface area contributed by atoms with Crippen molar-refractivity contribution in [3.63, 3.8) is 0 Å².